The third-order valence-corrected chi connectivity index (χ3v) is 2.09. The number of hydrogen-bond donors (Lipinski definition) is 3. The molecule has 68 valence electrons. The number of nitrogens with one attached hydrogen (secondary N) is 1. The van der Waals surface area contributed by atoms with Gasteiger partial charge in [0.25, 0.3) is 0 Å². The molecule has 0 saturated carbocycles. The van der Waals surface area contributed by atoms with Gasteiger partial charge in [0.15, 0.2) is 0 Å². The van der Waals surface area contributed by atoms with Crippen molar-refractivity contribution in [3.05, 3.63) is 0 Å². The molecule has 1 aliphatic heterocycles. The molecule has 1 saturated heterocycles. The minimum atomic E-state index is -0.935. The molecule has 1 aliphatic rings. The van der Waals surface area contributed by atoms with Gasteiger partial charge < -0.3 is 15.5 Å². The third kappa shape index (κ3) is 1.94. The lowest BCUT2D eigenvalue weighted by Crippen LogP contribution is -2.24. The Kier molecular flexibility index (Phi) is 2.65. The van der Waals surface area contributed by atoms with E-state index in [-0.39, 0.29) is 12.3 Å². The van der Waals surface area contributed by atoms with E-state index in [2.05, 4.69) is 5.32 Å². The predicted molar refractivity (Wildman–Crippen MR) is 39.7 cm³/mol. The smallest absolute Gasteiger partial charge is 0.308 e. The number of aliphatic carboxylic acids is 2. The molecule has 5 nitrogen and oxygen atoms in total. The van der Waals surface area contributed by atoms with Gasteiger partial charge in [0, 0.05) is 6.54 Å². The maximum absolute atomic E-state index is 10.6. The molecule has 0 bridgehead atoms. The van der Waals surface area contributed by atoms with Gasteiger partial charge >= 0.3 is 11.9 Å². The molecule has 0 amide bonds. The maximum atomic E-state index is 10.6. The van der Waals surface area contributed by atoms with Crippen LogP contribution in [0.2, 0.25) is 0 Å². The van der Waals surface area contributed by atoms with Crippen molar-refractivity contribution in [2.45, 2.75) is 6.42 Å². The molecule has 0 aliphatic carbocycles. The molecule has 0 spiro atoms. The number of carbonyl (C=O) groups is 2. The Morgan fingerprint density at radius 1 is 1.33 bits per heavy atom. The summed E-state index contributed by atoms with van der Waals surface area (Å²) in [5, 5.41) is 20.0. The summed E-state index contributed by atoms with van der Waals surface area (Å²) in [6.07, 6.45) is -0.0655. The van der Waals surface area contributed by atoms with E-state index in [4.69, 9.17) is 10.2 Å². The van der Waals surface area contributed by atoms with Crippen LogP contribution < -0.4 is 5.32 Å². The van der Waals surface area contributed by atoms with Crippen LogP contribution in [0.3, 0.4) is 0 Å². The lowest BCUT2D eigenvalue weighted by Gasteiger charge is -2.10. The Bertz CT molecular complexity index is 204. The first-order valence-corrected chi connectivity index (χ1v) is 3.76. The highest BCUT2D eigenvalue weighted by molar-refractivity contribution is 5.73. The minimum Gasteiger partial charge on any atom is -0.481 e. The average molecular weight is 173 g/mol. The normalized spacial score (nSPS) is 28.7. The zero-order valence-corrected chi connectivity index (χ0v) is 6.49. The van der Waals surface area contributed by atoms with E-state index < -0.39 is 17.9 Å². The quantitative estimate of drug-likeness (QED) is 0.529. The van der Waals surface area contributed by atoms with Crippen molar-refractivity contribution in [2.24, 2.45) is 11.8 Å². The molecular formula is C7H11NO4. The molecule has 0 aromatic heterocycles. The van der Waals surface area contributed by atoms with Crippen LogP contribution in [-0.4, -0.2) is 35.2 Å². The topological polar surface area (TPSA) is 86.6 Å². The fourth-order valence-corrected chi connectivity index (χ4v) is 1.46. The Labute approximate surface area is 69.4 Å². The van der Waals surface area contributed by atoms with Crippen molar-refractivity contribution in [3.63, 3.8) is 0 Å². The number of hydrogen-bond acceptors (Lipinski definition) is 3. The van der Waals surface area contributed by atoms with E-state index in [1.54, 1.807) is 0 Å². The Morgan fingerprint density at radius 2 is 2.00 bits per heavy atom. The summed E-state index contributed by atoms with van der Waals surface area (Å²) >= 11 is 0. The standard InChI is InChI=1S/C7H11NO4/c9-6(10)1-4-2-8-3-5(4)7(11)12/h4-5,8H,1-3H2,(H,9,10)(H,11,12)/t4-,5+/m0/s1. The van der Waals surface area contributed by atoms with Gasteiger partial charge in [-0.15, -0.1) is 0 Å². The molecule has 5 heteroatoms. The predicted octanol–water partition coefficient (Wildman–Crippen LogP) is -0.619. The summed E-state index contributed by atoms with van der Waals surface area (Å²) in [5.41, 5.74) is 0. The summed E-state index contributed by atoms with van der Waals surface area (Å²) in [6, 6.07) is 0. The van der Waals surface area contributed by atoms with Crippen molar-refractivity contribution in [3.8, 4) is 0 Å². The molecule has 2 atom stereocenters. The highest BCUT2D eigenvalue weighted by Gasteiger charge is 2.33. The van der Waals surface area contributed by atoms with Gasteiger partial charge in [-0.3, -0.25) is 9.59 Å². The van der Waals surface area contributed by atoms with Crippen molar-refractivity contribution in [2.75, 3.05) is 13.1 Å². The van der Waals surface area contributed by atoms with Crippen molar-refractivity contribution in [1.82, 2.24) is 5.32 Å². The van der Waals surface area contributed by atoms with E-state index in [0.717, 1.165) is 0 Å². The first-order chi connectivity index (χ1) is 5.61. The Morgan fingerprint density at radius 3 is 2.50 bits per heavy atom. The first kappa shape index (κ1) is 8.99. The molecule has 0 radical (unpaired) electrons. The van der Waals surface area contributed by atoms with Gasteiger partial charge in [0.1, 0.15) is 0 Å². The van der Waals surface area contributed by atoms with Crippen LogP contribution in [0, 0.1) is 11.8 Å². The Hall–Kier alpha value is -1.10. The maximum Gasteiger partial charge on any atom is 0.308 e. The zero-order chi connectivity index (χ0) is 9.14. The SMILES string of the molecule is O=C(O)C[C@H]1CNC[C@H]1C(=O)O. The zero-order valence-electron chi connectivity index (χ0n) is 6.49. The van der Waals surface area contributed by atoms with E-state index in [1.165, 1.54) is 0 Å². The minimum absolute atomic E-state index is 0.0655. The van der Waals surface area contributed by atoms with Crippen LogP contribution >= 0.6 is 0 Å². The van der Waals surface area contributed by atoms with Crippen LogP contribution in [0.1, 0.15) is 6.42 Å². The third-order valence-electron chi connectivity index (χ3n) is 2.09. The summed E-state index contributed by atoms with van der Waals surface area (Å²) in [6.45, 7) is 0.872. The van der Waals surface area contributed by atoms with Gasteiger partial charge in [-0.1, -0.05) is 0 Å². The van der Waals surface area contributed by atoms with E-state index in [0.29, 0.717) is 13.1 Å². The van der Waals surface area contributed by atoms with Gasteiger partial charge in [-0.05, 0) is 12.5 Å². The molecule has 3 N–H and O–H groups in total. The van der Waals surface area contributed by atoms with E-state index >= 15 is 0 Å². The summed E-state index contributed by atoms with van der Waals surface area (Å²) in [4.78, 5) is 20.9. The molecule has 12 heavy (non-hydrogen) atoms. The molecule has 0 unspecified atom stereocenters. The summed E-state index contributed by atoms with van der Waals surface area (Å²) < 4.78 is 0. The fourth-order valence-electron chi connectivity index (χ4n) is 1.46. The molecule has 1 rings (SSSR count). The molecule has 0 aromatic carbocycles. The van der Waals surface area contributed by atoms with Crippen molar-refractivity contribution < 1.29 is 19.8 Å². The number of carboxylic acid groups (broad SMARTS) is 2. The highest BCUT2D eigenvalue weighted by atomic mass is 16.4. The van der Waals surface area contributed by atoms with E-state index in [9.17, 15) is 9.59 Å². The highest BCUT2D eigenvalue weighted by Crippen LogP contribution is 2.20. The second-order valence-electron chi connectivity index (χ2n) is 2.96. The van der Waals surface area contributed by atoms with Crippen LogP contribution in [0.4, 0.5) is 0 Å². The van der Waals surface area contributed by atoms with Gasteiger partial charge in [-0.25, -0.2) is 0 Å². The number of carboxylic acids is 2. The van der Waals surface area contributed by atoms with Gasteiger partial charge in [-0.2, -0.15) is 0 Å². The van der Waals surface area contributed by atoms with Crippen molar-refractivity contribution in [1.29, 1.82) is 0 Å². The summed E-state index contributed by atoms with van der Waals surface area (Å²) in [5.74, 6) is -2.65. The van der Waals surface area contributed by atoms with Crippen molar-refractivity contribution >= 4 is 11.9 Å². The molecule has 1 fully saturated rings. The van der Waals surface area contributed by atoms with Crippen LogP contribution in [0.5, 0.6) is 0 Å². The largest absolute Gasteiger partial charge is 0.481 e. The second-order valence-corrected chi connectivity index (χ2v) is 2.96. The number of rotatable bonds is 3. The lowest BCUT2D eigenvalue weighted by molar-refractivity contribution is -0.143. The van der Waals surface area contributed by atoms with Crippen LogP contribution in [0.25, 0.3) is 0 Å². The first-order valence-electron chi connectivity index (χ1n) is 3.76. The monoisotopic (exact) mass is 173 g/mol. The molecule has 1 heterocycles. The van der Waals surface area contributed by atoms with Crippen LogP contribution in [0.15, 0.2) is 0 Å². The molecular weight excluding hydrogens is 162 g/mol. The lowest BCUT2D eigenvalue weighted by atomic mass is 9.93. The Balaban J connectivity index is 2.52. The van der Waals surface area contributed by atoms with E-state index in [1.807, 2.05) is 0 Å². The van der Waals surface area contributed by atoms with Crippen LogP contribution in [-0.2, 0) is 9.59 Å². The average Bonchev–Trinajstić information content (AvgIpc) is 2.33. The second kappa shape index (κ2) is 3.53. The van der Waals surface area contributed by atoms with Gasteiger partial charge in [0.05, 0.1) is 12.3 Å². The summed E-state index contributed by atoms with van der Waals surface area (Å²) in [7, 11) is 0. The molecule has 0 aromatic rings. The fraction of sp³-hybridized carbons (Fsp3) is 0.714. The van der Waals surface area contributed by atoms with Gasteiger partial charge in [0.2, 0.25) is 0 Å².